The maximum absolute atomic E-state index is 12.1. The monoisotopic (exact) mass is 268 g/mol. The Hall–Kier alpha value is -2.49. The number of amides is 1. The summed E-state index contributed by atoms with van der Waals surface area (Å²) in [6.07, 6.45) is 0.401. The molecule has 0 saturated heterocycles. The second-order valence-corrected chi connectivity index (χ2v) is 4.93. The highest BCUT2D eigenvalue weighted by Gasteiger charge is 2.24. The predicted molar refractivity (Wildman–Crippen MR) is 79.0 cm³/mol. The molecule has 0 radical (unpaired) electrons. The molecule has 0 aliphatic carbocycles. The Morgan fingerprint density at radius 2 is 1.95 bits per heavy atom. The standard InChI is InChI=1S/C16H16N2O2/c19-15-8-4-3-7-14(15)18-16(20)9-11-10-17-13-6-2-1-5-12(11)13/h1-8,11,17,19H,9-10H2,(H,18,20). The molecule has 1 atom stereocenters. The molecule has 0 saturated carbocycles. The van der Waals surface area contributed by atoms with Crippen LogP contribution in [0.4, 0.5) is 11.4 Å². The number of anilines is 2. The molecule has 4 heteroatoms. The molecule has 3 rings (SSSR count). The number of phenols is 1. The zero-order chi connectivity index (χ0) is 13.9. The molecule has 1 aliphatic rings. The highest BCUT2D eigenvalue weighted by Crippen LogP contribution is 2.33. The first-order valence-electron chi connectivity index (χ1n) is 6.64. The summed E-state index contributed by atoms with van der Waals surface area (Å²) in [6, 6.07) is 14.8. The van der Waals surface area contributed by atoms with Crippen LogP contribution >= 0.6 is 0 Å². The van der Waals surface area contributed by atoms with Crippen LogP contribution in [0.3, 0.4) is 0 Å². The number of hydrogen-bond donors (Lipinski definition) is 3. The first-order chi connectivity index (χ1) is 9.74. The lowest BCUT2D eigenvalue weighted by molar-refractivity contribution is -0.116. The third-order valence-electron chi connectivity index (χ3n) is 3.55. The second kappa shape index (κ2) is 5.25. The van der Waals surface area contributed by atoms with Gasteiger partial charge in [-0.3, -0.25) is 4.79 Å². The van der Waals surface area contributed by atoms with Gasteiger partial charge in [0.05, 0.1) is 5.69 Å². The van der Waals surface area contributed by atoms with E-state index in [-0.39, 0.29) is 17.6 Å². The largest absolute Gasteiger partial charge is 0.506 e. The fourth-order valence-electron chi connectivity index (χ4n) is 2.54. The van der Waals surface area contributed by atoms with E-state index in [9.17, 15) is 9.90 Å². The molecule has 0 spiro atoms. The van der Waals surface area contributed by atoms with Gasteiger partial charge in [-0.25, -0.2) is 0 Å². The molecule has 0 fully saturated rings. The molecule has 2 aromatic carbocycles. The van der Waals surface area contributed by atoms with Crippen LogP contribution in [-0.2, 0) is 4.79 Å². The predicted octanol–water partition coefficient (Wildman–Crippen LogP) is 2.93. The lowest BCUT2D eigenvalue weighted by Crippen LogP contribution is -2.16. The molecular weight excluding hydrogens is 252 g/mol. The summed E-state index contributed by atoms with van der Waals surface area (Å²) < 4.78 is 0. The number of aromatic hydroxyl groups is 1. The third-order valence-corrected chi connectivity index (χ3v) is 3.55. The topological polar surface area (TPSA) is 61.4 Å². The molecule has 2 aromatic rings. The minimum absolute atomic E-state index is 0.0880. The number of nitrogens with one attached hydrogen (secondary N) is 2. The fourth-order valence-corrected chi connectivity index (χ4v) is 2.54. The summed E-state index contributed by atoms with van der Waals surface area (Å²) in [4.78, 5) is 12.1. The quantitative estimate of drug-likeness (QED) is 0.750. The molecule has 1 aliphatic heterocycles. The summed E-state index contributed by atoms with van der Waals surface area (Å²) in [5, 5.41) is 15.7. The van der Waals surface area contributed by atoms with Crippen LogP contribution in [0.15, 0.2) is 48.5 Å². The van der Waals surface area contributed by atoms with Crippen LogP contribution in [0.1, 0.15) is 17.9 Å². The summed E-state index contributed by atoms with van der Waals surface area (Å²) in [5.41, 5.74) is 2.74. The third kappa shape index (κ3) is 2.45. The van der Waals surface area contributed by atoms with Gasteiger partial charge in [0, 0.05) is 24.6 Å². The number of rotatable bonds is 3. The molecule has 0 aromatic heterocycles. The minimum Gasteiger partial charge on any atom is -0.506 e. The highest BCUT2D eigenvalue weighted by molar-refractivity contribution is 5.93. The fraction of sp³-hybridized carbons (Fsp3) is 0.188. The lowest BCUT2D eigenvalue weighted by Gasteiger charge is -2.11. The number of carbonyl (C=O) groups is 1. The normalized spacial score (nSPS) is 16.3. The molecule has 0 bridgehead atoms. The first kappa shape index (κ1) is 12.5. The molecule has 4 nitrogen and oxygen atoms in total. The van der Waals surface area contributed by atoms with Crippen LogP contribution in [0.2, 0.25) is 0 Å². The van der Waals surface area contributed by atoms with Crippen LogP contribution < -0.4 is 10.6 Å². The van der Waals surface area contributed by atoms with Crippen LogP contribution in [-0.4, -0.2) is 17.6 Å². The smallest absolute Gasteiger partial charge is 0.225 e. The molecule has 1 unspecified atom stereocenters. The Morgan fingerprint density at radius 3 is 2.80 bits per heavy atom. The van der Waals surface area contributed by atoms with Gasteiger partial charge in [-0.1, -0.05) is 30.3 Å². The van der Waals surface area contributed by atoms with E-state index in [2.05, 4.69) is 10.6 Å². The summed E-state index contributed by atoms with van der Waals surface area (Å²) >= 11 is 0. The highest BCUT2D eigenvalue weighted by atomic mass is 16.3. The van der Waals surface area contributed by atoms with Crippen molar-refractivity contribution in [1.82, 2.24) is 0 Å². The van der Waals surface area contributed by atoms with Gasteiger partial charge in [-0.2, -0.15) is 0 Å². The minimum atomic E-state index is -0.0880. The van der Waals surface area contributed by atoms with Crippen molar-refractivity contribution in [3.63, 3.8) is 0 Å². The Kier molecular flexibility index (Phi) is 3.29. The van der Waals surface area contributed by atoms with Gasteiger partial charge in [-0.05, 0) is 23.8 Å². The average molecular weight is 268 g/mol. The van der Waals surface area contributed by atoms with Crippen molar-refractivity contribution in [3.8, 4) is 5.75 Å². The summed E-state index contributed by atoms with van der Waals surface area (Å²) in [5.74, 6) is 0.179. The number of phenolic OH excluding ortho intramolecular Hbond substituents is 1. The van der Waals surface area contributed by atoms with Crippen molar-refractivity contribution >= 4 is 17.3 Å². The number of carbonyl (C=O) groups excluding carboxylic acids is 1. The van der Waals surface area contributed by atoms with E-state index in [0.29, 0.717) is 12.1 Å². The zero-order valence-electron chi connectivity index (χ0n) is 11.0. The lowest BCUT2D eigenvalue weighted by atomic mass is 9.97. The van der Waals surface area contributed by atoms with Gasteiger partial charge < -0.3 is 15.7 Å². The number of fused-ring (bicyclic) bond motifs is 1. The Labute approximate surface area is 117 Å². The Morgan fingerprint density at radius 1 is 1.20 bits per heavy atom. The van der Waals surface area contributed by atoms with Crippen molar-refractivity contribution in [1.29, 1.82) is 0 Å². The SMILES string of the molecule is O=C(CC1CNc2ccccc21)Nc1ccccc1O. The van der Waals surface area contributed by atoms with Gasteiger partial charge in [0.1, 0.15) is 5.75 Å². The van der Waals surface area contributed by atoms with Gasteiger partial charge in [0.15, 0.2) is 0 Å². The van der Waals surface area contributed by atoms with E-state index in [1.807, 2.05) is 24.3 Å². The maximum atomic E-state index is 12.1. The molecule has 1 amide bonds. The Balaban J connectivity index is 1.68. The number of para-hydroxylation sites is 3. The van der Waals surface area contributed by atoms with E-state index in [0.717, 1.165) is 12.2 Å². The molecule has 3 N–H and O–H groups in total. The zero-order valence-corrected chi connectivity index (χ0v) is 11.0. The second-order valence-electron chi connectivity index (χ2n) is 4.93. The molecule has 102 valence electrons. The van der Waals surface area contributed by atoms with E-state index >= 15 is 0 Å². The summed E-state index contributed by atoms with van der Waals surface area (Å²) in [6.45, 7) is 0.771. The average Bonchev–Trinajstić information content (AvgIpc) is 2.85. The summed E-state index contributed by atoms with van der Waals surface area (Å²) in [7, 11) is 0. The van der Waals surface area contributed by atoms with Gasteiger partial charge in [0.25, 0.3) is 0 Å². The molecule has 1 heterocycles. The maximum Gasteiger partial charge on any atom is 0.225 e. The van der Waals surface area contributed by atoms with Gasteiger partial charge >= 0.3 is 0 Å². The number of benzene rings is 2. The van der Waals surface area contributed by atoms with Crippen molar-refractivity contribution < 1.29 is 9.90 Å². The van der Waals surface area contributed by atoms with Crippen molar-refractivity contribution in [3.05, 3.63) is 54.1 Å². The van der Waals surface area contributed by atoms with Gasteiger partial charge in [-0.15, -0.1) is 0 Å². The van der Waals surface area contributed by atoms with Crippen molar-refractivity contribution in [2.24, 2.45) is 0 Å². The first-order valence-corrected chi connectivity index (χ1v) is 6.64. The van der Waals surface area contributed by atoms with Crippen molar-refractivity contribution in [2.75, 3.05) is 17.2 Å². The van der Waals surface area contributed by atoms with E-state index in [1.165, 1.54) is 5.56 Å². The Bertz CT molecular complexity index is 640. The van der Waals surface area contributed by atoms with Crippen molar-refractivity contribution in [2.45, 2.75) is 12.3 Å². The van der Waals surface area contributed by atoms with E-state index in [1.54, 1.807) is 24.3 Å². The van der Waals surface area contributed by atoms with Crippen LogP contribution in [0.5, 0.6) is 5.75 Å². The molecule has 20 heavy (non-hydrogen) atoms. The van der Waals surface area contributed by atoms with Gasteiger partial charge in [0.2, 0.25) is 5.91 Å². The van der Waals surface area contributed by atoms with E-state index < -0.39 is 0 Å². The van der Waals surface area contributed by atoms with Crippen LogP contribution in [0.25, 0.3) is 0 Å². The number of hydrogen-bond acceptors (Lipinski definition) is 3. The van der Waals surface area contributed by atoms with E-state index in [4.69, 9.17) is 0 Å². The van der Waals surface area contributed by atoms with Crippen LogP contribution in [0, 0.1) is 0 Å². The molecular formula is C16H16N2O2.